The lowest BCUT2D eigenvalue weighted by atomic mass is 9.96. The molecule has 1 rings (SSSR count). The summed E-state index contributed by atoms with van der Waals surface area (Å²) in [5.74, 6) is 0. The van der Waals surface area contributed by atoms with Crippen molar-refractivity contribution in [3.63, 3.8) is 0 Å². The van der Waals surface area contributed by atoms with Gasteiger partial charge < -0.3 is 10.4 Å². The standard InChI is InChI=1S/C12H19NO/c1-8-5-10(3)11(6-9(8)2)12(7-14)13-4/h5-6,12-14H,7H2,1-4H3/t12-/m1/s1. The van der Waals surface area contributed by atoms with Crippen molar-refractivity contribution in [2.45, 2.75) is 26.8 Å². The van der Waals surface area contributed by atoms with E-state index in [-0.39, 0.29) is 12.6 Å². The number of benzene rings is 1. The van der Waals surface area contributed by atoms with Crippen LogP contribution in [0.1, 0.15) is 28.3 Å². The van der Waals surface area contributed by atoms with Crippen LogP contribution in [0.2, 0.25) is 0 Å². The maximum Gasteiger partial charge on any atom is 0.0626 e. The molecule has 0 aromatic heterocycles. The third kappa shape index (κ3) is 2.14. The molecule has 78 valence electrons. The first-order valence-electron chi connectivity index (χ1n) is 4.96. The molecule has 0 aliphatic heterocycles. The Morgan fingerprint density at radius 1 is 1.14 bits per heavy atom. The Kier molecular flexibility index (Phi) is 3.67. The van der Waals surface area contributed by atoms with Gasteiger partial charge in [-0.2, -0.15) is 0 Å². The zero-order valence-electron chi connectivity index (χ0n) is 9.39. The van der Waals surface area contributed by atoms with Crippen LogP contribution in [0.5, 0.6) is 0 Å². The minimum Gasteiger partial charge on any atom is -0.394 e. The SMILES string of the molecule is CN[C@H](CO)c1cc(C)c(C)cc1C. The van der Waals surface area contributed by atoms with Crippen molar-refractivity contribution in [1.29, 1.82) is 0 Å². The first-order valence-corrected chi connectivity index (χ1v) is 4.96. The molecule has 0 saturated carbocycles. The van der Waals surface area contributed by atoms with Crippen LogP contribution in [-0.2, 0) is 0 Å². The van der Waals surface area contributed by atoms with E-state index in [4.69, 9.17) is 0 Å². The minimum atomic E-state index is 0.0503. The first-order chi connectivity index (χ1) is 6.60. The Morgan fingerprint density at radius 3 is 2.21 bits per heavy atom. The van der Waals surface area contributed by atoms with Crippen molar-refractivity contribution < 1.29 is 5.11 Å². The number of likely N-dealkylation sites (N-methyl/N-ethyl adjacent to an activating group) is 1. The van der Waals surface area contributed by atoms with Crippen molar-refractivity contribution in [3.8, 4) is 0 Å². The second-order valence-electron chi connectivity index (χ2n) is 3.82. The predicted molar refractivity (Wildman–Crippen MR) is 59.5 cm³/mol. The summed E-state index contributed by atoms with van der Waals surface area (Å²) >= 11 is 0. The third-order valence-corrected chi connectivity index (χ3v) is 2.79. The highest BCUT2D eigenvalue weighted by Crippen LogP contribution is 2.21. The Balaban J connectivity index is 3.14. The number of aliphatic hydroxyl groups excluding tert-OH is 1. The van der Waals surface area contributed by atoms with Crippen LogP contribution in [0, 0.1) is 20.8 Å². The molecule has 1 aromatic rings. The Morgan fingerprint density at radius 2 is 1.71 bits per heavy atom. The van der Waals surface area contributed by atoms with Crippen LogP contribution in [0.4, 0.5) is 0 Å². The van der Waals surface area contributed by atoms with E-state index >= 15 is 0 Å². The van der Waals surface area contributed by atoms with Gasteiger partial charge in [0.25, 0.3) is 0 Å². The van der Waals surface area contributed by atoms with Crippen LogP contribution < -0.4 is 5.32 Å². The van der Waals surface area contributed by atoms with Crippen LogP contribution >= 0.6 is 0 Å². The van der Waals surface area contributed by atoms with Gasteiger partial charge in [-0.25, -0.2) is 0 Å². The molecule has 0 heterocycles. The summed E-state index contributed by atoms with van der Waals surface area (Å²) in [5, 5.41) is 12.3. The molecule has 0 fully saturated rings. The molecule has 2 N–H and O–H groups in total. The summed E-state index contributed by atoms with van der Waals surface area (Å²) in [6.45, 7) is 6.43. The van der Waals surface area contributed by atoms with Crippen LogP contribution in [0.3, 0.4) is 0 Å². The van der Waals surface area contributed by atoms with Crippen LogP contribution in [-0.4, -0.2) is 18.8 Å². The van der Waals surface area contributed by atoms with E-state index in [0.29, 0.717) is 0 Å². The maximum absolute atomic E-state index is 9.20. The van der Waals surface area contributed by atoms with E-state index in [1.54, 1.807) is 0 Å². The second kappa shape index (κ2) is 4.58. The molecular formula is C12H19NO. The molecule has 0 amide bonds. The van der Waals surface area contributed by atoms with Gasteiger partial charge in [0.05, 0.1) is 12.6 Å². The summed E-state index contributed by atoms with van der Waals surface area (Å²) in [6, 6.07) is 4.38. The molecule has 0 radical (unpaired) electrons. The van der Waals surface area contributed by atoms with Crippen molar-refractivity contribution in [2.75, 3.05) is 13.7 Å². The van der Waals surface area contributed by atoms with E-state index in [1.165, 1.54) is 22.3 Å². The second-order valence-corrected chi connectivity index (χ2v) is 3.82. The molecule has 0 spiro atoms. The largest absolute Gasteiger partial charge is 0.394 e. The number of aliphatic hydroxyl groups is 1. The van der Waals surface area contributed by atoms with E-state index in [1.807, 2.05) is 7.05 Å². The van der Waals surface area contributed by atoms with Crippen molar-refractivity contribution in [1.82, 2.24) is 5.32 Å². The summed E-state index contributed by atoms with van der Waals surface area (Å²) in [5.41, 5.74) is 5.01. The van der Waals surface area contributed by atoms with Crippen molar-refractivity contribution in [2.24, 2.45) is 0 Å². The Labute approximate surface area is 86.0 Å². The fraction of sp³-hybridized carbons (Fsp3) is 0.500. The molecule has 0 unspecified atom stereocenters. The van der Waals surface area contributed by atoms with Gasteiger partial charge in [-0.1, -0.05) is 12.1 Å². The van der Waals surface area contributed by atoms with Gasteiger partial charge >= 0.3 is 0 Å². The average Bonchev–Trinajstić information content (AvgIpc) is 2.15. The molecule has 0 bridgehead atoms. The molecule has 2 heteroatoms. The zero-order chi connectivity index (χ0) is 10.7. The third-order valence-electron chi connectivity index (χ3n) is 2.79. The van der Waals surface area contributed by atoms with Crippen LogP contribution in [0.25, 0.3) is 0 Å². The Bertz CT molecular complexity index is 316. The molecule has 0 saturated heterocycles. The number of hydrogen-bond acceptors (Lipinski definition) is 2. The molecule has 1 atom stereocenters. The number of nitrogens with one attached hydrogen (secondary N) is 1. The number of hydrogen-bond donors (Lipinski definition) is 2. The Hall–Kier alpha value is -0.860. The van der Waals surface area contributed by atoms with Gasteiger partial charge in [-0.3, -0.25) is 0 Å². The monoisotopic (exact) mass is 193 g/mol. The van der Waals surface area contributed by atoms with Gasteiger partial charge in [-0.05, 0) is 50.1 Å². The predicted octanol–water partition coefficient (Wildman–Crippen LogP) is 1.86. The minimum absolute atomic E-state index is 0.0503. The highest BCUT2D eigenvalue weighted by Gasteiger charge is 2.11. The first kappa shape index (κ1) is 11.2. The van der Waals surface area contributed by atoms with Gasteiger partial charge in [0.2, 0.25) is 0 Å². The average molecular weight is 193 g/mol. The van der Waals surface area contributed by atoms with E-state index < -0.39 is 0 Å². The van der Waals surface area contributed by atoms with Crippen molar-refractivity contribution >= 4 is 0 Å². The summed E-state index contributed by atoms with van der Waals surface area (Å²) in [6.07, 6.45) is 0. The molecule has 0 aliphatic rings. The van der Waals surface area contributed by atoms with Gasteiger partial charge in [0.1, 0.15) is 0 Å². The van der Waals surface area contributed by atoms with Gasteiger partial charge in [0.15, 0.2) is 0 Å². The maximum atomic E-state index is 9.20. The van der Waals surface area contributed by atoms with Crippen molar-refractivity contribution in [3.05, 3.63) is 34.4 Å². The summed E-state index contributed by atoms with van der Waals surface area (Å²) < 4.78 is 0. The normalized spacial score (nSPS) is 12.9. The number of aryl methyl sites for hydroxylation is 3. The van der Waals surface area contributed by atoms with E-state index in [9.17, 15) is 5.11 Å². The van der Waals surface area contributed by atoms with Crippen LogP contribution in [0.15, 0.2) is 12.1 Å². The summed E-state index contributed by atoms with van der Waals surface area (Å²) in [7, 11) is 1.87. The smallest absolute Gasteiger partial charge is 0.0626 e. The number of rotatable bonds is 3. The molecular weight excluding hydrogens is 174 g/mol. The molecule has 0 aliphatic carbocycles. The molecule has 14 heavy (non-hydrogen) atoms. The lowest BCUT2D eigenvalue weighted by Gasteiger charge is -2.18. The molecule has 2 nitrogen and oxygen atoms in total. The highest BCUT2D eigenvalue weighted by atomic mass is 16.3. The van der Waals surface area contributed by atoms with E-state index in [0.717, 1.165) is 0 Å². The topological polar surface area (TPSA) is 32.3 Å². The summed E-state index contributed by atoms with van der Waals surface area (Å²) in [4.78, 5) is 0. The fourth-order valence-electron chi connectivity index (χ4n) is 1.70. The lowest BCUT2D eigenvalue weighted by molar-refractivity contribution is 0.250. The fourth-order valence-corrected chi connectivity index (χ4v) is 1.70. The van der Waals surface area contributed by atoms with Gasteiger partial charge in [-0.15, -0.1) is 0 Å². The van der Waals surface area contributed by atoms with E-state index in [2.05, 4.69) is 38.2 Å². The lowest BCUT2D eigenvalue weighted by Crippen LogP contribution is -2.21. The van der Waals surface area contributed by atoms with Gasteiger partial charge in [0, 0.05) is 0 Å². The quantitative estimate of drug-likeness (QED) is 0.768. The zero-order valence-corrected chi connectivity index (χ0v) is 9.39. The highest BCUT2D eigenvalue weighted by molar-refractivity contribution is 5.38. The molecule has 1 aromatic carbocycles.